The molecule has 4 N–H and O–H groups in total. The zero-order valence-corrected chi connectivity index (χ0v) is 15.5. The normalized spacial score (nSPS) is 32.1. The van der Waals surface area contributed by atoms with E-state index in [1.807, 2.05) is 37.3 Å². The molecular weight excluding hydrogens is 354 g/mol. The van der Waals surface area contributed by atoms with Crippen LogP contribution in [0.5, 0.6) is 0 Å². The van der Waals surface area contributed by atoms with Crippen LogP contribution in [-0.2, 0) is 16.0 Å². The molecule has 1 amide bonds. The first-order chi connectivity index (χ1) is 12.6. The maximum absolute atomic E-state index is 12.4. The van der Waals surface area contributed by atoms with E-state index < -0.39 is 35.7 Å². The molecule has 5 atom stereocenters. The van der Waals surface area contributed by atoms with Crippen molar-refractivity contribution in [2.45, 2.75) is 49.6 Å². The van der Waals surface area contributed by atoms with Crippen molar-refractivity contribution >= 4 is 22.8 Å². The minimum Gasteiger partial charge on any atom is -0.388 e. The van der Waals surface area contributed by atoms with Crippen LogP contribution in [0.15, 0.2) is 35.3 Å². The van der Waals surface area contributed by atoms with E-state index in [4.69, 9.17) is 4.74 Å². The molecule has 2 saturated heterocycles. The van der Waals surface area contributed by atoms with Gasteiger partial charge in [0.1, 0.15) is 17.6 Å². The van der Waals surface area contributed by atoms with Crippen LogP contribution < -0.4 is 10.6 Å². The first kappa shape index (κ1) is 19.2. The Morgan fingerprint density at radius 3 is 2.81 bits per heavy atom. The molecule has 7 nitrogen and oxygen atoms in total. The fourth-order valence-corrected chi connectivity index (χ4v) is 4.27. The molecule has 1 aromatic rings. The van der Waals surface area contributed by atoms with Crippen molar-refractivity contribution in [3.63, 3.8) is 0 Å². The van der Waals surface area contributed by atoms with Gasteiger partial charge in [0.05, 0.1) is 6.04 Å². The monoisotopic (exact) mass is 379 g/mol. The van der Waals surface area contributed by atoms with E-state index in [1.54, 1.807) is 0 Å². The number of amides is 1. The molecular formula is C18H25N3O4S. The van der Waals surface area contributed by atoms with Gasteiger partial charge in [-0.15, -0.1) is 0 Å². The van der Waals surface area contributed by atoms with E-state index >= 15 is 0 Å². The number of aryl methyl sites for hydroxylation is 1. The first-order valence-corrected chi connectivity index (χ1v) is 9.79. The molecule has 0 radical (unpaired) electrons. The molecule has 2 heterocycles. The fourth-order valence-electron chi connectivity index (χ4n) is 3.10. The van der Waals surface area contributed by atoms with Gasteiger partial charge in [-0.1, -0.05) is 42.1 Å². The Balaban J connectivity index is 1.50. The molecule has 2 aliphatic heterocycles. The lowest BCUT2D eigenvalue weighted by molar-refractivity contribution is -0.172. The summed E-state index contributed by atoms with van der Waals surface area (Å²) in [5.74, 6) is -0.399. The number of carbonyl (C=O) groups excluding carboxylic acids is 1. The van der Waals surface area contributed by atoms with Gasteiger partial charge in [0.25, 0.3) is 5.91 Å². The Morgan fingerprint density at radius 1 is 1.31 bits per heavy atom. The largest absolute Gasteiger partial charge is 0.388 e. The number of amidine groups is 1. The van der Waals surface area contributed by atoms with E-state index in [-0.39, 0.29) is 0 Å². The van der Waals surface area contributed by atoms with Crippen molar-refractivity contribution < 1.29 is 19.7 Å². The Morgan fingerprint density at radius 2 is 2.08 bits per heavy atom. The molecule has 142 valence electrons. The summed E-state index contributed by atoms with van der Waals surface area (Å²) in [5, 5.41) is 27.1. The number of aliphatic hydroxyl groups excluding tert-OH is 2. The van der Waals surface area contributed by atoms with Crippen LogP contribution in [0.1, 0.15) is 18.9 Å². The van der Waals surface area contributed by atoms with E-state index in [0.29, 0.717) is 18.3 Å². The smallest absolute Gasteiger partial charge is 0.252 e. The summed E-state index contributed by atoms with van der Waals surface area (Å²) in [4.78, 5) is 16.7. The van der Waals surface area contributed by atoms with E-state index in [9.17, 15) is 15.0 Å². The lowest BCUT2D eigenvalue weighted by Crippen LogP contribution is -2.62. The maximum Gasteiger partial charge on any atom is 0.252 e. The van der Waals surface area contributed by atoms with Crippen LogP contribution in [0.3, 0.4) is 0 Å². The van der Waals surface area contributed by atoms with Gasteiger partial charge in [-0.3, -0.25) is 9.79 Å². The number of benzene rings is 1. The molecule has 0 aliphatic carbocycles. The van der Waals surface area contributed by atoms with Gasteiger partial charge in [0.15, 0.2) is 11.3 Å². The van der Waals surface area contributed by atoms with Gasteiger partial charge in [-0.2, -0.15) is 0 Å². The third-order valence-corrected chi connectivity index (χ3v) is 5.57. The average Bonchev–Trinajstić information content (AvgIpc) is 3.06. The van der Waals surface area contributed by atoms with Crippen LogP contribution >= 0.6 is 11.8 Å². The summed E-state index contributed by atoms with van der Waals surface area (Å²) in [6.45, 7) is 3.01. The van der Waals surface area contributed by atoms with Crippen LogP contribution in [0.2, 0.25) is 0 Å². The summed E-state index contributed by atoms with van der Waals surface area (Å²) in [6, 6.07) is 9.57. The van der Waals surface area contributed by atoms with Crippen molar-refractivity contribution in [2.24, 2.45) is 4.99 Å². The number of fused-ring (bicyclic) bond motifs is 1. The van der Waals surface area contributed by atoms with Gasteiger partial charge in [0.2, 0.25) is 0 Å². The quantitative estimate of drug-likeness (QED) is 0.529. The Hall–Kier alpha value is -1.61. The highest BCUT2D eigenvalue weighted by atomic mass is 32.2. The van der Waals surface area contributed by atoms with Crippen molar-refractivity contribution in [2.75, 3.05) is 13.1 Å². The van der Waals surface area contributed by atoms with Crippen LogP contribution in [0.25, 0.3) is 0 Å². The average molecular weight is 379 g/mol. The lowest BCUT2D eigenvalue weighted by Gasteiger charge is -2.38. The fraction of sp³-hybridized carbons (Fsp3) is 0.556. The molecule has 0 aromatic heterocycles. The van der Waals surface area contributed by atoms with Gasteiger partial charge in [0, 0.05) is 13.1 Å². The highest BCUT2D eigenvalue weighted by molar-refractivity contribution is 8.14. The van der Waals surface area contributed by atoms with Crippen molar-refractivity contribution in [3.05, 3.63) is 35.9 Å². The molecule has 1 aromatic carbocycles. The van der Waals surface area contributed by atoms with E-state index in [0.717, 1.165) is 12.8 Å². The number of carbonyl (C=O) groups is 1. The zero-order valence-electron chi connectivity index (χ0n) is 14.7. The van der Waals surface area contributed by atoms with Crippen molar-refractivity contribution in [3.8, 4) is 0 Å². The third kappa shape index (κ3) is 4.37. The first-order valence-electron chi connectivity index (χ1n) is 8.91. The number of thioether (sulfide) groups is 1. The van der Waals surface area contributed by atoms with Crippen LogP contribution in [0.4, 0.5) is 0 Å². The van der Waals surface area contributed by atoms with Crippen LogP contribution in [0, 0.1) is 0 Å². The van der Waals surface area contributed by atoms with Crippen molar-refractivity contribution in [1.82, 2.24) is 10.6 Å². The SMILES string of the molecule is CCN=C1NC2C(OC(C(=O)NCCCc3ccccc3)C(O)C2O)S1. The van der Waals surface area contributed by atoms with Gasteiger partial charge in [-0.25, -0.2) is 0 Å². The molecule has 3 rings (SSSR count). The van der Waals surface area contributed by atoms with E-state index in [1.165, 1.54) is 17.3 Å². The predicted octanol–water partition coefficient (Wildman–Crippen LogP) is 0.263. The number of ether oxygens (including phenoxy) is 1. The summed E-state index contributed by atoms with van der Waals surface area (Å²) in [7, 11) is 0. The summed E-state index contributed by atoms with van der Waals surface area (Å²) >= 11 is 1.34. The second-order valence-electron chi connectivity index (χ2n) is 6.35. The highest BCUT2D eigenvalue weighted by Crippen LogP contribution is 2.33. The highest BCUT2D eigenvalue weighted by Gasteiger charge is 2.51. The molecule has 2 fully saturated rings. The number of nitrogens with zero attached hydrogens (tertiary/aromatic N) is 1. The topological polar surface area (TPSA) is 103 Å². The number of nitrogens with one attached hydrogen (secondary N) is 2. The van der Waals surface area contributed by atoms with Crippen molar-refractivity contribution in [1.29, 1.82) is 0 Å². The predicted molar refractivity (Wildman–Crippen MR) is 101 cm³/mol. The number of hydrogen-bond donors (Lipinski definition) is 4. The summed E-state index contributed by atoms with van der Waals surface area (Å²) < 4.78 is 5.74. The molecule has 0 spiro atoms. The van der Waals surface area contributed by atoms with Gasteiger partial charge >= 0.3 is 0 Å². The molecule has 5 unspecified atom stereocenters. The summed E-state index contributed by atoms with van der Waals surface area (Å²) in [6.07, 6.45) is -1.81. The third-order valence-electron chi connectivity index (χ3n) is 4.46. The zero-order chi connectivity index (χ0) is 18.5. The maximum atomic E-state index is 12.4. The second kappa shape index (κ2) is 8.85. The Bertz CT molecular complexity index is 643. The minimum absolute atomic E-state index is 0.399. The number of rotatable bonds is 6. The Kier molecular flexibility index (Phi) is 6.53. The number of aliphatic imine (C=N–C) groups is 1. The van der Waals surface area contributed by atoms with Gasteiger partial charge in [-0.05, 0) is 25.3 Å². The molecule has 26 heavy (non-hydrogen) atoms. The Labute approximate surface area is 157 Å². The number of aliphatic hydroxyl groups is 2. The van der Waals surface area contributed by atoms with Gasteiger partial charge < -0.3 is 25.6 Å². The molecule has 0 saturated carbocycles. The summed E-state index contributed by atoms with van der Waals surface area (Å²) in [5.41, 5.74) is 0.768. The molecule has 2 aliphatic rings. The van der Waals surface area contributed by atoms with E-state index in [2.05, 4.69) is 15.6 Å². The number of hydrogen-bond acceptors (Lipinski definition) is 6. The standard InChI is InChI=1S/C18H25N3O4S/c1-2-19-18-21-12-13(22)14(23)15(25-17(12)26-18)16(24)20-10-6-9-11-7-4-3-5-8-11/h3-5,7-8,12-15,17,22-23H,2,6,9-10H2,1H3,(H,19,21)(H,20,24). The minimum atomic E-state index is -1.28. The molecule has 8 heteroatoms. The molecule has 0 bridgehead atoms. The van der Waals surface area contributed by atoms with Crippen LogP contribution in [-0.4, -0.2) is 64.2 Å². The lowest BCUT2D eigenvalue weighted by atomic mass is 9.97. The second-order valence-corrected chi connectivity index (χ2v) is 7.44.